The average molecular weight is 175 g/mol. The van der Waals surface area contributed by atoms with Crippen molar-refractivity contribution in [2.24, 2.45) is 23.5 Å². The van der Waals surface area contributed by atoms with E-state index in [2.05, 4.69) is 18.9 Å². The predicted molar refractivity (Wildman–Crippen MR) is 56.7 cm³/mol. The first kappa shape index (κ1) is 9.92. The monoisotopic (exact) mass is 175 g/mol. The Balaban J connectivity index is 2.54. The van der Waals surface area contributed by atoms with E-state index in [1.165, 1.54) is 0 Å². The van der Waals surface area contributed by atoms with Crippen LogP contribution in [0.2, 0.25) is 0 Å². The van der Waals surface area contributed by atoms with E-state index < -0.39 is 0 Å². The zero-order valence-electron chi connectivity index (χ0n) is 8.33. The van der Waals surface area contributed by atoms with Crippen LogP contribution in [0.1, 0.15) is 20.3 Å². The summed E-state index contributed by atoms with van der Waals surface area (Å²) in [5.41, 5.74) is 6.47. The molecule has 1 saturated carbocycles. The summed E-state index contributed by atoms with van der Waals surface area (Å²) in [6, 6.07) is 0. The summed E-state index contributed by atoms with van der Waals surface area (Å²) in [7, 11) is 0. The van der Waals surface area contributed by atoms with Gasteiger partial charge in [-0.25, -0.2) is 0 Å². The summed E-state index contributed by atoms with van der Waals surface area (Å²) in [6.07, 6.45) is 12.6. The summed E-state index contributed by atoms with van der Waals surface area (Å²) in [4.78, 5) is 0. The zero-order chi connectivity index (χ0) is 9.84. The molecule has 0 aromatic carbocycles. The van der Waals surface area contributed by atoms with Gasteiger partial charge < -0.3 is 5.73 Å². The maximum atomic E-state index is 5.66. The Kier molecular flexibility index (Phi) is 3.19. The molecule has 0 saturated heterocycles. The predicted octanol–water partition coefficient (Wildman–Crippen LogP) is 2.31. The summed E-state index contributed by atoms with van der Waals surface area (Å²) in [5.74, 6) is 4.48. The first-order valence-corrected chi connectivity index (χ1v) is 4.75. The highest BCUT2D eigenvalue weighted by Gasteiger charge is 2.34. The van der Waals surface area contributed by atoms with Crippen LogP contribution in [0.25, 0.3) is 0 Å². The maximum absolute atomic E-state index is 5.66. The Hall–Kier alpha value is -1.16. The largest absolute Gasteiger partial charge is 0.399 e. The van der Waals surface area contributed by atoms with Gasteiger partial charge >= 0.3 is 0 Å². The minimum absolute atomic E-state index is 0.427. The quantitative estimate of drug-likeness (QED) is 0.506. The van der Waals surface area contributed by atoms with E-state index in [4.69, 9.17) is 12.2 Å². The normalized spacial score (nSPS) is 34.2. The molecule has 3 unspecified atom stereocenters. The molecular weight excluding hydrogens is 158 g/mol. The lowest BCUT2D eigenvalue weighted by Gasteiger charge is -2.38. The number of allylic oxidation sites excluding steroid dienone is 3. The molecule has 0 spiro atoms. The third kappa shape index (κ3) is 2.15. The molecular formula is C12H17N. The zero-order valence-corrected chi connectivity index (χ0v) is 8.33. The van der Waals surface area contributed by atoms with Gasteiger partial charge in [0, 0.05) is 11.6 Å². The topological polar surface area (TPSA) is 26.0 Å². The molecule has 0 aromatic rings. The fourth-order valence-electron chi connectivity index (χ4n) is 1.74. The van der Waals surface area contributed by atoms with Crippen LogP contribution < -0.4 is 5.73 Å². The number of terminal acetylenes is 1. The van der Waals surface area contributed by atoms with Crippen molar-refractivity contribution in [3.8, 4) is 12.3 Å². The molecule has 1 aliphatic carbocycles. The third-order valence-corrected chi connectivity index (χ3v) is 2.81. The van der Waals surface area contributed by atoms with E-state index in [0.717, 1.165) is 12.1 Å². The van der Waals surface area contributed by atoms with E-state index in [0.29, 0.717) is 17.8 Å². The molecule has 1 nitrogen and oxygen atoms in total. The molecule has 3 atom stereocenters. The molecule has 0 aromatic heterocycles. The van der Waals surface area contributed by atoms with Crippen LogP contribution in [0.4, 0.5) is 0 Å². The van der Waals surface area contributed by atoms with Gasteiger partial charge in [0.25, 0.3) is 0 Å². The Morgan fingerprint density at radius 2 is 2.31 bits per heavy atom. The second-order valence-corrected chi connectivity index (χ2v) is 3.71. The van der Waals surface area contributed by atoms with Crippen molar-refractivity contribution < 1.29 is 0 Å². The molecule has 1 heteroatoms. The summed E-state index contributed by atoms with van der Waals surface area (Å²) in [6.45, 7) is 4.16. The van der Waals surface area contributed by atoms with Gasteiger partial charge in [0.1, 0.15) is 0 Å². The molecule has 0 bridgehead atoms. The van der Waals surface area contributed by atoms with Crippen molar-refractivity contribution in [3.05, 3.63) is 23.9 Å². The van der Waals surface area contributed by atoms with Crippen molar-refractivity contribution >= 4 is 0 Å². The highest BCUT2D eigenvalue weighted by atomic mass is 14.5. The summed E-state index contributed by atoms with van der Waals surface area (Å²) < 4.78 is 0. The minimum Gasteiger partial charge on any atom is -0.399 e. The third-order valence-electron chi connectivity index (χ3n) is 2.81. The number of nitrogens with two attached hydrogens (primary N) is 1. The summed E-state index contributed by atoms with van der Waals surface area (Å²) >= 11 is 0. The SMILES string of the molecule is C#CC1CC(C)C1/C=C\C(N)=C/C. The number of rotatable bonds is 2. The number of hydrogen-bond acceptors (Lipinski definition) is 1. The van der Waals surface area contributed by atoms with Crippen LogP contribution in [-0.2, 0) is 0 Å². The molecule has 0 aliphatic heterocycles. The lowest BCUT2D eigenvalue weighted by atomic mass is 9.66. The Morgan fingerprint density at radius 1 is 1.62 bits per heavy atom. The standard InChI is InChI=1S/C12H17N/c1-4-10-8-9(3)12(10)7-6-11(13)5-2/h1,5-7,9-10,12H,8,13H2,2-3H3/b7-6-,11-5+. The minimum atomic E-state index is 0.427. The first-order chi connectivity index (χ1) is 6.19. The van der Waals surface area contributed by atoms with Crippen molar-refractivity contribution in [1.82, 2.24) is 0 Å². The van der Waals surface area contributed by atoms with Crippen LogP contribution in [0.3, 0.4) is 0 Å². The molecule has 13 heavy (non-hydrogen) atoms. The van der Waals surface area contributed by atoms with Crippen LogP contribution in [0.15, 0.2) is 23.9 Å². The van der Waals surface area contributed by atoms with Gasteiger partial charge in [-0.05, 0) is 31.3 Å². The van der Waals surface area contributed by atoms with Gasteiger partial charge in [-0.2, -0.15) is 0 Å². The highest BCUT2D eigenvalue weighted by Crippen LogP contribution is 2.40. The van der Waals surface area contributed by atoms with Crippen LogP contribution in [0.5, 0.6) is 0 Å². The van der Waals surface area contributed by atoms with E-state index in [1.807, 2.05) is 19.1 Å². The molecule has 0 amide bonds. The molecule has 0 heterocycles. The average Bonchev–Trinajstić information content (AvgIpc) is 2.13. The fourth-order valence-corrected chi connectivity index (χ4v) is 1.74. The van der Waals surface area contributed by atoms with E-state index >= 15 is 0 Å². The summed E-state index contributed by atoms with van der Waals surface area (Å²) in [5, 5.41) is 0. The van der Waals surface area contributed by atoms with Gasteiger partial charge in [0.05, 0.1) is 0 Å². The van der Waals surface area contributed by atoms with E-state index in [-0.39, 0.29) is 0 Å². The van der Waals surface area contributed by atoms with Gasteiger partial charge in [-0.3, -0.25) is 0 Å². The van der Waals surface area contributed by atoms with Gasteiger partial charge in [-0.1, -0.05) is 19.1 Å². The van der Waals surface area contributed by atoms with Crippen LogP contribution >= 0.6 is 0 Å². The maximum Gasteiger partial charge on any atom is 0.0268 e. The molecule has 2 N–H and O–H groups in total. The lowest BCUT2D eigenvalue weighted by molar-refractivity contribution is 0.183. The van der Waals surface area contributed by atoms with Gasteiger partial charge in [0.2, 0.25) is 0 Å². The van der Waals surface area contributed by atoms with E-state index in [9.17, 15) is 0 Å². The van der Waals surface area contributed by atoms with E-state index in [1.54, 1.807) is 0 Å². The first-order valence-electron chi connectivity index (χ1n) is 4.75. The second-order valence-electron chi connectivity index (χ2n) is 3.71. The molecule has 70 valence electrons. The Morgan fingerprint density at radius 3 is 2.77 bits per heavy atom. The van der Waals surface area contributed by atoms with Crippen LogP contribution in [-0.4, -0.2) is 0 Å². The van der Waals surface area contributed by atoms with Gasteiger partial charge in [-0.15, -0.1) is 12.3 Å². The van der Waals surface area contributed by atoms with Crippen molar-refractivity contribution in [2.75, 3.05) is 0 Å². The smallest absolute Gasteiger partial charge is 0.0268 e. The molecule has 1 rings (SSSR count). The van der Waals surface area contributed by atoms with Gasteiger partial charge in [0.15, 0.2) is 0 Å². The Labute approximate surface area is 80.7 Å². The molecule has 0 radical (unpaired) electrons. The van der Waals surface area contributed by atoms with Crippen molar-refractivity contribution in [1.29, 1.82) is 0 Å². The van der Waals surface area contributed by atoms with Crippen LogP contribution in [0, 0.1) is 30.1 Å². The fraction of sp³-hybridized carbons (Fsp3) is 0.500. The molecule has 1 aliphatic rings. The highest BCUT2D eigenvalue weighted by molar-refractivity contribution is 5.19. The van der Waals surface area contributed by atoms with Crippen molar-refractivity contribution in [3.63, 3.8) is 0 Å². The Bertz CT molecular complexity index is 267. The lowest BCUT2D eigenvalue weighted by Crippen LogP contribution is -2.32. The number of hydrogen-bond donors (Lipinski definition) is 1. The molecule has 1 fully saturated rings. The van der Waals surface area contributed by atoms with Crippen molar-refractivity contribution in [2.45, 2.75) is 20.3 Å². The second kappa shape index (κ2) is 4.18.